The normalized spacial score (nSPS) is 15.9. The van der Waals surface area contributed by atoms with Gasteiger partial charge in [-0.25, -0.2) is 0 Å². The number of anilines is 2. The van der Waals surface area contributed by atoms with Crippen molar-refractivity contribution in [2.45, 2.75) is 18.8 Å². The number of halogens is 5. The number of nitrogens with two attached hydrogens (primary N) is 1. The summed E-state index contributed by atoms with van der Waals surface area (Å²) in [6.45, 7) is -4.79. The highest BCUT2D eigenvalue weighted by atomic mass is 19.4. The van der Waals surface area contributed by atoms with Crippen molar-refractivity contribution < 1.29 is 45.8 Å². The Morgan fingerprint density at radius 2 is 2.03 bits per heavy atom. The van der Waals surface area contributed by atoms with Gasteiger partial charge in [-0.2, -0.15) is 22.0 Å². The molecular weight excluding hydrogens is 435 g/mol. The van der Waals surface area contributed by atoms with Crippen LogP contribution in [0.4, 0.5) is 33.3 Å². The second-order valence-corrected chi connectivity index (χ2v) is 6.48. The van der Waals surface area contributed by atoms with E-state index in [1.807, 2.05) is 0 Å². The summed E-state index contributed by atoms with van der Waals surface area (Å²) >= 11 is 0. The molecule has 172 valence electrons. The number of hydrogen-bond acceptors (Lipinski definition) is 6. The second-order valence-electron chi connectivity index (χ2n) is 6.48. The molecule has 0 spiro atoms. The molecule has 1 aliphatic rings. The molecule has 0 unspecified atom stereocenters. The molecule has 0 saturated carbocycles. The minimum absolute atomic E-state index is 0.143. The number of alkyl halides is 5. The first-order chi connectivity index (χ1) is 14.4. The van der Waals surface area contributed by atoms with Crippen LogP contribution in [-0.2, 0) is 19.1 Å². The first-order valence-corrected chi connectivity index (χ1v) is 8.73. The van der Waals surface area contributed by atoms with Crippen molar-refractivity contribution in [1.82, 2.24) is 4.90 Å². The van der Waals surface area contributed by atoms with Crippen LogP contribution in [0, 0.1) is 0 Å². The maximum atomic E-state index is 12.8. The van der Waals surface area contributed by atoms with E-state index in [0.717, 1.165) is 19.2 Å². The minimum atomic E-state index is -4.72. The molecule has 1 aromatic carbocycles. The second kappa shape index (κ2) is 9.87. The molecule has 1 atom stereocenters. The maximum absolute atomic E-state index is 12.8. The molecule has 2 rings (SSSR count). The molecule has 1 aromatic rings. The number of nitrogens with zero attached hydrogens (tertiary/aromatic N) is 2. The van der Waals surface area contributed by atoms with E-state index in [9.17, 15) is 36.3 Å². The number of benzene rings is 1. The highest BCUT2D eigenvalue weighted by Gasteiger charge is 2.37. The quantitative estimate of drug-likeness (QED) is 0.447. The number of nitrogens with one attached hydrogen (secondary N) is 1. The summed E-state index contributed by atoms with van der Waals surface area (Å²) in [5, 5.41) is 2.07. The standard InChI is InChI=1S/C17H19F5N4O5/c1-25(8-17(20,21)22)13(14(23)28)15(29)24-10-3-2-9(6-11(10)31-16(18)19)26-4-5-30-7-12(26)27/h2-3,6,13,16H,4-5,7-8H2,1H3,(H2,23,28)(H,24,29)/t13-/m1/s1. The fourth-order valence-electron chi connectivity index (χ4n) is 2.89. The topological polar surface area (TPSA) is 114 Å². The number of carbonyl (C=O) groups excluding carboxylic acids is 3. The molecule has 1 saturated heterocycles. The first kappa shape index (κ1) is 24.3. The van der Waals surface area contributed by atoms with Crippen LogP contribution in [0.15, 0.2) is 18.2 Å². The van der Waals surface area contributed by atoms with Gasteiger partial charge in [0.2, 0.25) is 5.91 Å². The van der Waals surface area contributed by atoms with Gasteiger partial charge in [-0.1, -0.05) is 0 Å². The number of morpholine rings is 1. The predicted octanol–water partition coefficient (Wildman–Crippen LogP) is 0.938. The minimum Gasteiger partial charge on any atom is -0.433 e. The molecule has 0 bridgehead atoms. The number of hydrogen-bond donors (Lipinski definition) is 2. The summed E-state index contributed by atoms with van der Waals surface area (Å²) < 4.78 is 72.9. The van der Waals surface area contributed by atoms with Gasteiger partial charge in [0, 0.05) is 18.3 Å². The van der Waals surface area contributed by atoms with Crippen molar-refractivity contribution in [2.75, 3.05) is 43.6 Å². The summed E-state index contributed by atoms with van der Waals surface area (Å²) in [4.78, 5) is 37.5. The van der Waals surface area contributed by atoms with E-state index in [0.29, 0.717) is 4.90 Å². The van der Waals surface area contributed by atoms with Gasteiger partial charge in [-0.15, -0.1) is 0 Å². The Morgan fingerprint density at radius 1 is 1.35 bits per heavy atom. The lowest BCUT2D eigenvalue weighted by Crippen LogP contribution is -2.52. The third-order valence-corrected chi connectivity index (χ3v) is 4.12. The molecule has 14 heteroatoms. The summed E-state index contributed by atoms with van der Waals surface area (Å²) in [5.41, 5.74) is 4.86. The Balaban J connectivity index is 2.29. The van der Waals surface area contributed by atoms with Gasteiger partial charge in [0.25, 0.3) is 11.8 Å². The molecule has 9 nitrogen and oxygen atoms in total. The molecule has 0 aliphatic carbocycles. The van der Waals surface area contributed by atoms with Crippen LogP contribution >= 0.6 is 0 Å². The van der Waals surface area contributed by atoms with E-state index in [2.05, 4.69) is 10.1 Å². The zero-order valence-electron chi connectivity index (χ0n) is 16.1. The van der Waals surface area contributed by atoms with Crippen molar-refractivity contribution >= 4 is 29.1 Å². The first-order valence-electron chi connectivity index (χ1n) is 8.73. The van der Waals surface area contributed by atoms with E-state index in [1.54, 1.807) is 0 Å². The SMILES string of the molecule is CN(CC(F)(F)F)[C@H](C(N)=O)C(=O)Nc1ccc(N2CCOCC2=O)cc1OC(F)F. The molecule has 3 N–H and O–H groups in total. The summed E-state index contributed by atoms with van der Waals surface area (Å²) in [6, 6.07) is 1.41. The van der Waals surface area contributed by atoms with Crippen molar-refractivity contribution in [2.24, 2.45) is 5.73 Å². The predicted molar refractivity (Wildman–Crippen MR) is 96.5 cm³/mol. The highest BCUT2D eigenvalue weighted by molar-refractivity contribution is 6.10. The molecule has 3 amide bonds. The average Bonchev–Trinajstić information content (AvgIpc) is 2.61. The van der Waals surface area contributed by atoms with Crippen LogP contribution in [0.2, 0.25) is 0 Å². The van der Waals surface area contributed by atoms with Crippen LogP contribution in [0.1, 0.15) is 0 Å². The average molecular weight is 454 g/mol. The van der Waals surface area contributed by atoms with E-state index < -0.39 is 48.8 Å². The van der Waals surface area contributed by atoms with E-state index >= 15 is 0 Å². The molecule has 31 heavy (non-hydrogen) atoms. The van der Waals surface area contributed by atoms with Crippen molar-refractivity contribution in [3.63, 3.8) is 0 Å². The fourth-order valence-corrected chi connectivity index (χ4v) is 2.89. The molecule has 0 radical (unpaired) electrons. The number of rotatable bonds is 8. The van der Waals surface area contributed by atoms with Crippen LogP contribution in [-0.4, -0.2) is 74.8 Å². The van der Waals surface area contributed by atoms with Gasteiger partial charge in [0.1, 0.15) is 6.61 Å². The van der Waals surface area contributed by atoms with Gasteiger partial charge in [-0.3, -0.25) is 19.3 Å². The zero-order valence-corrected chi connectivity index (χ0v) is 16.1. The van der Waals surface area contributed by atoms with E-state index in [1.165, 1.54) is 11.0 Å². The van der Waals surface area contributed by atoms with Gasteiger partial charge in [0.15, 0.2) is 11.8 Å². The number of carbonyl (C=O) groups is 3. The van der Waals surface area contributed by atoms with Gasteiger partial charge >= 0.3 is 12.8 Å². The number of likely N-dealkylation sites (N-methyl/N-ethyl adjacent to an activating group) is 1. The number of ether oxygens (including phenoxy) is 2. The highest BCUT2D eigenvalue weighted by Crippen LogP contribution is 2.32. The summed E-state index contributed by atoms with van der Waals surface area (Å²) in [6.07, 6.45) is -4.72. The largest absolute Gasteiger partial charge is 0.433 e. The maximum Gasteiger partial charge on any atom is 0.401 e. The Kier molecular flexibility index (Phi) is 7.73. The molecule has 0 aromatic heterocycles. The van der Waals surface area contributed by atoms with E-state index in [4.69, 9.17) is 10.5 Å². The fraction of sp³-hybridized carbons (Fsp3) is 0.471. The summed E-state index contributed by atoms with van der Waals surface area (Å²) in [5.74, 6) is -3.67. The lowest BCUT2D eigenvalue weighted by Gasteiger charge is -2.28. The smallest absolute Gasteiger partial charge is 0.401 e. The third-order valence-electron chi connectivity index (χ3n) is 4.12. The van der Waals surface area contributed by atoms with Crippen LogP contribution in [0.25, 0.3) is 0 Å². The number of primary amides is 1. The van der Waals surface area contributed by atoms with Crippen molar-refractivity contribution in [3.8, 4) is 5.75 Å². The molecule has 1 fully saturated rings. The molecule has 1 aliphatic heterocycles. The van der Waals surface area contributed by atoms with Crippen molar-refractivity contribution in [3.05, 3.63) is 18.2 Å². The Morgan fingerprint density at radius 3 is 2.58 bits per heavy atom. The van der Waals surface area contributed by atoms with E-state index in [-0.39, 0.29) is 31.1 Å². The molecule has 1 heterocycles. The Labute approximate surface area is 172 Å². The van der Waals surface area contributed by atoms with Gasteiger partial charge in [-0.05, 0) is 19.2 Å². The summed E-state index contributed by atoms with van der Waals surface area (Å²) in [7, 11) is 0.853. The van der Waals surface area contributed by atoms with Crippen LogP contribution < -0.4 is 20.7 Å². The number of amides is 3. The van der Waals surface area contributed by atoms with Gasteiger partial charge < -0.3 is 25.4 Å². The van der Waals surface area contributed by atoms with Crippen LogP contribution in [0.5, 0.6) is 5.75 Å². The molecular formula is C17H19F5N4O5. The monoisotopic (exact) mass is 454 g/mol. The van der Waals surface area contributed by atoms with Crippen molar-refractivity contribution in [1.29, 1.82) is 0 Å². The zero-order chi connectivity index (χ0) is 23.3. The van der Waals surface area contributed by atoms with Gasteiger partial charge in [0.05, 0.1) is 18.8 Å². The Bertz CT molecular complexity index is 836. The lowest BCUT2D eigenvalue weighted by atomic mass is 10.2. The third kappa shape index (κ3) is 6.75. The Hall–Kier alpha value is -3.00. The van der Waals surface area contributed by atoms with Crippen LogP contribution in [0.3, 0.4) is 0 Å². The lowest BCUT2D eigenvalue weighted by molar-refractivity contribution is -0.154.